The molecule has 2 aromatic rings. The van der Waals surface area contributed by atoms with E-state index in [0.29, 0.717) is 5.02 Å². The molecule has 0 spiro atoms. The molecule has 0 saturated carbocycles. The van der Waals surface area contributed by atoms with Crippen molar-refractivity contribution < 1.29 is 9.18 Å². The molecule has 0 atom stereocenters. The number of anilines is 1. The fraction of sp³-hybridized carbons (Fsp3) is 0. The van der Waals surface area contributed by atoms with Gasteiger partial charge in [0, 0.05) is 10.6 Å². The fourth-order valence-electron chi connectivity index (χ4n) is 1.55. The Morgan fingerprint density at radius 3 is 2.70 bits per heavy atom. The third-order valence-corrected chi connectivity index (χ3v) is 3.41. The van der Waals surface area contributed by atoms with Gasteiger partial charge in [0.25, 0.3) is 5.91 Å². The van der Waals surface area contributed by atoms with Crippen LogP contribution in [0.2, 0.25) is 5.02 Å². The number of hydrogen-bond acceptors (Lipinski definition) is 2. The Bertz CT molecular complexity index is 728. The van der Waals surface area contributed by atoms with Crippen LogP contribution in [0.3, 0.4) is 0 Å². The van der Waals surface area contributed by atoms with E-state index in [1.165, 1.54) is 24.3 Å². The molecule has 0 fully saturated rings. The van der Waals surface area contributed by atoms with Crippen LogP contribution in [0.25, 0.3) is 0 Å². The smallest absolute Gasteiger partial charge is 0.255 e. The second-order valence-corrected chi connectivity index (χ2v) is 5.18. The highest BCUT2D eigenvalue weighted by Gasteiger charge is 2.11. The molecule has 100 valence electrons. The van der Waals surface area contributed by atoms with E-state index in [2.05, 4.69) is 21.2 Å². The van der Waals surface area contributed by atoms with Gasteiger partial charge in [-0.05, 0) is 52.3 Å². The molecule has 2 aromatic carbocycles. The van der Waals surface area contributed by atoms with Gasteiger partial charge in [-0.25, -0.2) is 4.39 Å². The van der Waals surface area contributed by atoms with Gasteiger partial charge < -0.3 is 5.32 Å². The molecule has 2 rings (SSSR count). The molecule has 0 radical (unpaired) electrons. The van der Waals surface area contributed by atoms with Gasteiger partial charge in [-0.15, -0.1) is 0 Å². The Kier molecular flexibility index (Phi) is 4.38. The van der Waals surface area contributed by atoms with Crippen molar-refractivity contribution in [3.8, 4) is 6.07 Å². The van der Waals surface area contributed by atoms with Gasteiger partial charge in [0.15, 0.2) is 0 Å². The third kappa shape index (κ3) is 3.16. The lowest BCUT2D eigenvalue weighted by Gasteiger charge is -2.08. The highest BCUT2D eigenvalue weighted by molar-refractivity contribution is 9.10. The highest BCUT2D eigenvalue weighted by Crippen LogP contribution is 2.22. The van der Waals surface area contributed by atoms with Crippen molar-refractivity contribution in [3.63, 3.8) is 0 Å². The van der Waals surface area contributed by atoms with Gasteiger partial charge in [0.05, 0.1) is 15.7 Å². The summed E-state index contributed by atoms with van der Waals surface area (Å²) < 4.78 is 13.7. The van der Waals surface area contributed by atoms with E-state index in [4.69, 9.17) is 16.9 Å². The second kappa shape index (κ2) is 6.04. The van der Waals surface area contributed by atoms with E-state index >= 15 is 0 Å². The molecule has 1 N–H and O–H groups in total. The number of benzene rings is 2. The zero-order valence-corrected chi connectivity index (χ0v) is 12.3. The Hall–Kier alpha value is -1.90. The predicted octanol–water partition coefficient (Wildman–Crippen LogP) is 4.37. The normalized spacial score (nSPS) is 9.90. The molecule has 0 aliphatic rings. The summed E-state index contributed by atoms with van der Waals surface area (Å²) in [6.45, 7) is 0. The SMILES string of the molecule is N#Cc1ccc(Cl)cc1NC(=O)c1ccc(Br)c(F)c1. The van der Waals surface area contributed by atoms with Crippen LogP contribution < -0.4 is 5.32 Å². The summed E-state index contributed by atoms with van der Waals surface area (Å²) in [5.41, 5.74) is 0.711. The molecule has 0 aliphatic heterocycles. The first-order valence-electron chi connectivity index (χ1n) is 5.47. The zero-order chi connectivity index (χ0) is 14.7. The zero-order valence-electron chi connectivity index (χ0n) is 9.95. The van der Waals surface area contributed by atoms with Gasteiger partial charge in [0.2, 0.25) is 0 Å². The second-order valence-electron chi connectivity index (χ2n) is 3.88. The number of nitriles is 1. The Morgan fingerprint density at radius 1 is 1.30 bits per heavy atom. The fourth-order valence-corrected chi connectivity index (χ4v) is 1.97. The van der Waals surface area contributed by atoms with Crippen LogP contribution in [0.1, 0.15) is 15.9 Å². The molecular formula is C14H7BrClFN2O. The number of hydrogen-bond donors (Lipinski definition) is 1. The molecule has 6 heteroatoms. The molecule has 0 unspecified atom stereocenters. The minimum Gasteiger partial charge on any atom is -0.321 e. The number of halogens is 3. The molecule has 1 amide bonds. The largest absolute Gasteiger partial charge is 0.321 e. The molecule has 0 aliphatic carbocycles. The molecule has 20 heavy (non-hydrogen) atoms. The maximum Gasteiger partial charge on any atom is 0.255 e. The van der Waals surface area contributed by atoms with Crippen LogP contribution in [0.5, 0.6) is 0 Å². The summed E-state index contributed by atoms with van der Waals surface area (Å²) in [7, 11) is 0. The lowest BCUT2D eigenvalue weighted by molar-refractivity contribution is 0.102. The van der Waals surface area contributed by atoms with Crippen LogP contribution >= 0.6 is 27.5 Å². The maximum atomic E-state index is 13.4. The van der Waals surface area contributed by atoms with Crippen LogP contribution in [-0.2, 0) is 0 Å². The summed E-state index contributed by atoms with van der Waals surface area (Å²) in [6, 6.07) is 10.5. The number of rotatable bonds is 2. The first-order valence-corrected chi connectivity index (χ1v) is 6.64. The van der Waals surface area contributed by atoms with Crippen molar-refractivity contribution >= 4 is 39.1 Å². The van der Waals surface area contributed by atoms with Crippen molar-refractivity contribution in [1.82, 2.24) is 0 Å². The van der Waals surface area contributed by atoms with Crippen LogP contribution in [0.4, 0.5) is 10.1 Å². The molecule has 0 aromatic heterocycles. The van der Waals surface area contributed by atoms with Crippen molar-refractivity contribution in [3.05, 3.63) is 62.8 Å². The van der Waals surface area contributed by atoms with Gasteiger partial charge >= 0.3 is 0 Å². The van der Waals surface area contributed by atoms with E-state index in [0.717, 1.165) is 6.07 Å². The number of nitrogens with one attached hydrogen (secondary N) is 1. The average molecular weight is 354 g/mol. The number of amides is 1. The summed E-state index contributed by atoms with van der Waals surface area (Å²) in [6.07, 6.45) is 0. The minimum atomic E-state index is -0.538. The predicted molar refractivity (Wildman–Crippen MR) is 78.2 cm³/mol. The minimum absolute atomic E-state index is 0.148. The lowest BCUT2D eigenvalue weighted by atomic mass is 10.1. The Morgan fingerprint density at radius 2 is 2.05 bits per heavy atom. The first-order chi connectivity index (χ1) is 9.51. The van der Waals surface area contributed by atoms with E-state index < -0.39 is 11.7 Å². The van der Waals surface area contributed by atoms with E-state index in [1.54, 1.807) is 6.07 Å². The maximum absolute atomic E-state index is 13.4. The lowest BCUT2D eigenvalue weighted by Crippen LogP contribution is -2.13. The standard InChI is InChI=1S/C14H7BrClFN2O/c15-11-4-2-8(5-12(11)17)14(20)19-13-6-10(16)3-1-9(13)7-18/h1-6H,(H,19,20). The Labute approximate surface area is 128 Å². The summed E-state index contributed by atoms with van der Waals surface area (Å²) in [5.74, 6) is -1.06. The number of carbonyl (C=O) groups is 1. The summed E-state index contributed by atoms with van der Waals surface area (Å²) in [5, 5.41) is 11.9. The Balaban J connectivity index is 2.30. The van der Waals surface area contributed by atoms with E-state index in [-0.39, 0.29) is 21.3 Å². The molecule has 0 saturated heterocycles. The third-order valence-electron chi connectivity index (χ3n) is 2.53. The van der Waals surface area contributed by atoms with Gasteiger partial charge in [-0.1, -0.05) is 11.6 Å². The van der Waals surface area contributed by atoms with Gasteiger partial charge in [-0.2, -0.15) is 5.26 Å². The topological polar surface area (TPSA) is 52.9 Å². The highest BCUT2D eigenvalue weighted by atomic mass is 79.9. The quantitative estimate of drug-likeness (QED) is 0.872. The van der Waals surface area contributed by atoms with Gasteiger partial charge in [-0.3, -0.25) is 4.79 Å². The van der Waals surface area contributed by atoms with Crippen LogP contribution in [-0.4, -0.2) is 5.91 Å². The van der Waals surface area contributed by atoms with Crippen molar-refractivity contribution in [2.24, 2.45) is 0 Å². The number of carbonyl (C=O) groups excluding carboxylic acids is 1. The van der Waals surface area contributed by atoms with Gasteiger partial charge in [0.1, 0.15) is 11.9 Å². The van der Waals surface area contributed by atoms with E-state index in [9.17, 15) is 9.18 Å². The molecular weight excluding hydrogens is 347 g/mol. The number of nitrogens with zero attached hydrogens (tertiary/aromatic N) is 1. The molecule has 3 nitrogen and oxygen atoms in total. The van der Waals surface area contributed by atoms with Crippen LogP contribution in [0, 0.1) is 17.1 Å². The first kappa shape index (κ1) is 14.5. The van der Waals surface area contributed by atoms with Crippen LogP contribution in [0.15, 0.2) is 40.9 Å². The van der Waals surface area contributed by atoms with E-state index in [1.807, 2.05) is 6.07 Å². The van der Waals surface area contributed by atoms with Crippen molar-refractivity contribution in [1.29, 1.82) is 5.26 Å². The summed E-state index contributed by atoms with van der Waals surface area (Å²) in [4.78, 5) is 12.0. The van der Waals surface area contributed by atoms with Crippen molar-refractivity contribution in [2.45, 2.75) is 0 Å². The monoisotopic (exact) mass is 352 g/mol. The molecule has 0 heterocycles. The summed E-state index contributed by atoms with van der Waals surface area (Å²) >= 11 is 8.83. The average Bonchev–Trinajstić information content (AvgIpc) is 2.42. The molecule has 0 bridgehead atoms. The van der Waals surface area contributed by atoms with Crippen molar-refractivity contribution in [2.75, 3.05) is 5.32 Å².